The zero-order valence-corrected chi connectivity index (χ0v) is 18.1. The number of benzene rings is 2. The van der Waals surface area contributed by atoms with E-state index in [4.69, 9.17) is 18.9 Å². The van der Waals surface area contributed by atoms with Gasteiger partial charge in [0.2, 0.25) is 5.75 Å². The van der Waals surface area contributed by atoms with Gasteiger partial charge in [-0.2, -0.15) is 0 Å². The van der Waals surface area contributed by atoms with Gasteiger partial charge in [-0.05, 0) is 48.2 Å². The van der Waals surface area contributed by atoms with Crippen molar-refractivity contribution in [2.75, 3.05) is 25.6 Å². The fraction of sp³-hybridized carbons (Fsp3) is 0.333. The zero-order chi connectivity index (χ0) is 22.4. The van der Waals surface area contributed by atoms with Crippen LogP contribution in [0.3, 0.4) is 0 Å². The van der Waals surface area contributed by atoms with Gasteiger partial charge in [0.1, 0.15) is 13.2 Å². The molecule has 1 amide bonds. The monoisotopic (exact) mass is 425 g/mol. The van der Waals surface area contributed by atoms with Crippen molar-refractivity contribution in [2.45, 2.75) is 32.8 Å². The van der Waals surface area contributed by atoms with Gasteiger partial charge in [-0.15, -0.1) is 0 Å². The number of esters is 1. The first-order chi connectivity index (χ1) is 14.9. The number of carbonyl (C=O) groups excluding carboxylic acids is 2. The molecule has 3 rings (SSSR count). The molecule has 7 nitrogen and oxygen atoms in total. The summed E-state index contributed by atoms with van der Waals surface area (Å²) in [5.74, 6) is 0.835. The van der Waals surface area contributed by atoms with Crippen LogP contribution in [0.15, 0.2) is 42.5 Å². The van der Waals surface area contributed by atoms with Gasteiger partial charge in [-0.1, -0.05) is 32.0 Å². The quantitative estimate of drug-likeness (QED) is 0.529. The van der Waals surface area contributed by atoms with Crippen LogP contribution in [0.5, 0.6) is 17.2 Å². The maximum Gasteiger partial charge on any atom is 0.331 e. The second-order valence-corrected chi connectivity index (χ2v) is 7.39. The average molecular weight is 425 g/mol. The molecule has 0 fully saturated rings. The zero-order valence-electron chi connectivity index (χ0n) is 18.1. The van der Waals surface area contributed by atoms with E-state index >= 15 is 0 Å². The molecule has 0 unspecified atom stereocenters. The molecule has 0 spiro atoms. The Balaban J connectivity index is 1.63. The predicted molar refractivity (Wildman–Crippen MR) is 118 cm³/mol. The average Bonchev–Trinajstić information content (AvgIpc) is 2.77. The second-order valence-electron chi connectivity index (χ2n) is 7.39. The highest BCUT2D eigenvalue weighted by molar-refractivity contribution is 5.97. The third-order valence-electron chi connectivity index (χ3n) is 4.77. The lowest BCUT2D eigenvalue weighted by atomic mass is 10.0. The molecule has 0 saturated carbocycles. The van der Waals surface area contributed by atoms with Crippen molar-refractivity contribution in [2.24, 2.45) is 0 Å². The standard InChI is InChI=1S/C24H27NO6/c1-15(2)18-7-5-6-8-19(18)25-24(27)16(3)31-22(26)10-9-17-13-20(28-4)23-21(14-17)29-11-12-30-23/h5-10,13-16H,11-12H2,1-4H3,(H,25,27)/b10-9+/t16-/m0/s1. The number of nitrogens with one attached hydrogen (secondary N) is 1. The van der Waals surface area contributed by atoms with Crippen LogP contribution in [0.1, 0.15) is 37.8 Å². The van der Waals surface area contributed by atoms with Gasteiger partial charge in [-0.3, -0.25) is 4.79 Å². The molecule has 1 N–H and O–H groups in total. The number of fused-ring (bicyclic) bond motifs is 1. The molecule has 0 bridgehead atoms. The molecule has 0 radical (unpaired) electrons. The Morgan fingerprint density at radius 2 is 1.84 bits per heavy atom. The van der Waals surface area contributed by atoms with E-state index in [9.17, 15) is 9.59 Å². The molecule has 2 aromatic carbocycles. The number of rotatable bonds is 7. The molecule has 1 aliphatic rings. The van der Waals surface area contributed by atoms with Crippen LogP contribution in [0.4, 0.5) is 5.69 Å². The number of carbonyl (C=O) groups is 2. The first-order valence-corrected chi connectivity index (χ1v) is 10.1. The molecule has 31 heavy (non-hydrogen) atoms. The number of para-hydroxylation sites is 1. The van der Waals surface area contributed by atoms with Crippen LogP contribution < -0.4 is 19.5 Å². The number of methoxy groups -OCH3 is 1. The van der Waals surface area contributed by atoms with Crippen molar-refractivity contribution in [1.29, 1.82) is 0 Å². The van der Waals surface area contributed by atoms with E-state index in [1.165, 1.54) is 20.1 Å². The SMILES string of the molecule is COc1cc(/C=C/C(=O)O[C@@H](C)C(=O)Nc2ccccc2C(C)C)cc2c1OCCO2. The van der Waals surface area contributed by atoms with Crippen LogP contribution in [-0.2, 0) is 14.3 Å². The molecule has 0 aromatic heterocycles. The van der Waals surface area contributed by atoms with E-state index in [-0.39, 0.29) is 5.92 Å². The van der Waals surface area contributed by atoms with E-state index in [0.29, 0.717) is 41.7 Å². The summed E-state index contributed by atoms with van der Waals surface area (Å²) in [6.07, 6.45) is 1.88. The van der Waals surface area contributed by atoms with Crippen molar-refractivity contribution in [1.82, 2.24) is 0 Å². The third-order valence-corrected chi connectivity index (χ3v) is 4.77. The molecule has 0 aliphatic carbocycles. The minimum atomic E-state index is -0.952. The van der Waals surface area contributed by atoms with Gasteiger partial charge in [-0.25, -0.2) is 4.79 Å². The minimum absolute atomic E-state index is 0.250. The van der Waals surface area contributed by atoms with Crippen molar-refractivity contribution in [3.8, 4) is 17.2 Å². The molecular formula is C24H27NO6. The number of ether oxygens (including phenoxy) is 4. The summed E-state index contributed by atoms with van der Waals surface area (Å²) in [5.41, 5.74) is 2.41. The van der Waals surface area contributed by atoms with Gasteiger partial charge in [0, 0.05) is 11.8 Å². The Bertz CT molecular complexity index is 965. The molecule has 1 heterocycles. The molecular weight excluding hydrogens is 398 g/mol. The smallest absolute Gasteiger partial charge is 0.331 e. The highest BCUT2D eigenvalue weighted by Crippen LogP contribution is 2.40. The molecule has 7 heteroatoms. The van der Waals surface area contributed by atoms with Crippen LogP contribution in [-0.4, -0.2) is 38.3 Å². The van der Waals surface area contributed by atoms with Crippen LogP contribution in [0.25, 0.3) is 6.08 Å². The first-order valence-electron chi connectivity index (χ1n) is 10.1. The van der Waals surface area contributed by atoms with Gasteiger partial charge in [0.05, 0.1) is 7.11 Å². The van der Waals surface area contributed by atoms with E-state index in [1.807, 2.05) is 38.1 Å². The Kier molecular flexibility index (Phi) is 7.18. The lowest BCUT2D eigenvalue weighted by Crippen LogP contribution is -2.29. The molecule has 0 saturated heterocycles. The molecule has 164 valence electrons. The second kappa shape index (κ2) is 10.0. The van der Waals surface area contributed by atoms with E-state index in [0.717, 1.165) is 5.56 Å². The Morgan fingerprint density at radius 3 is 2.58 bits per heavy atom. The summed E-state index contributed by atoms with van der Waals surface area (Å²) in [4.78, 5) is 24.7. The lowest BCUT2D eigenvalue weighted by molar-refractivity contribution is -0.148. The number of hydrogen-bond acceptors (Lipinski definition) is 6. The molecule has 1 aliphatic heterocycles. The minimum Gasteiger partial charge on any atom is -0.493 e. The van der Waals surface area contributed by atoms with Crippen molar-refractivity contribution >= 4 is 23.6 Å². The Hall–Kier alpha value is -3.48. The maximum absolute atomic E-state index is 12.5. The van der Waals surface area contributed by atoms with Crippen molar-refractivity contribution < 1.29 is 28.5 Å². The van der Waals surface area contributed by atoms with Crippen LogP contribution >= 0.6 is 0 Å². The van der Waals surface area contributed by atoms with Crippen LogP contribution in [0.2, 0.25) is 0 Å². The normalized spacial score (nSPS) is 13.7. The molecule has 2 aromatic rings. The molecule has 1 atom stereocenters. The van der Waals surface area contributed by atoms with Crippen LogP contribution in [0, 0.1) is 0 Å². The number of amides is 1. The summed E-state index contributed by atoms with van der Waals surface area (Å²) in [7, 11) is 1.53. The van der Waals surface area contributed by atoms with Gasteiger partial charge < -0.3 is 24.3 Å². The van der Waals surface area contributed by atoms with Gasteiger partial charge >= 0.3 is 5.97 Å². The maximum atomic E-state index is 12.5. The summed E-state index contributed by atoms with van der Waals surface area (Å²) < 4.78 is 21.7. The lowest BCUT2D eigenvalue weighted by Gasteiger charge is -2.21. The topological polar surface area (TPSA) is 83.1 Å². The summed E-state index contributed by atoms with van der Waals surface area (Å²) in [6, 6.07) is 11.0. The fourth-order valence-electron chi connectivity index (χ4n) is 3.17. The predicted octanol–water partition coefficient (Wildman–Crippen LogP) is 4.17. The van der Waals surface area contributed by atoms with Crippen molar-refractivity contribution in [3.05, 3.63) is 53.6 Å². The van der Waals surface area contributed by atoms with E-state index in [1.54, 1.807) is 18.2 Å². The highest BCUT2D eigenvalue weighted by Gasteiger charge is 2.20. The van der Waals surface area contributed by atoms with Crippen molar-refractivity contribution in [3.63, 3.8) is 0 Å². The largest absolute Gasteiger partial charge is 0.493 e. The highest BCUT2D eigenvalue weighted by atomic mass is 16.6. The Labute approximate surface area is 181 Å². The third kappa shape index (κ3) is 5.57. The fourth-order valence-corrected chi connectivity index (χ4v) is 3.17. The Morgan fingerprint density at radius 1 is 1.10 bits per heavy atom. The van der Waals surface area contributed by atoms with E-state index in [2.05, 4.69) is 5.32 Å². The summed E-state index contributed by atoms with van der Waals surface area (Å²) in [6.45, 7) is 6.52. The van der Waals surface area contributed by atoms with Gasteiger partial charge in [0.25, 0.3) is 5.91 Å². The number of hydrogen-bond donors (Lipinski definition) is 1. The van der Waals surface area contributed by atoms with Gasteiger partial charge in [0.15, 0.2) is 17.6 Å². The summed E-state index contributed by atoms with van der Waals surface area (Å²) in [5, 5.41) is 2.83. The van der Waals surface area contributed by atoms with E-state index < -0.39 is 18.0 Å². The summed E-state index contributed by atoms with van der Waals surface area (Å²) >= 11 is 0. The number of anilines is 1. The first kappa shape index (κ1) is 22.2.